The van der Waals surface area contributed by atoms with Crippen molar-refractivity contribution in [2.45, 2.75) is 33.4 Å². The van der Waals surface area contributed by atoms with Crippen molar-refractivity contribution in [2.75, 3.05) is 25.5 Å². The average molecular weight is 480 g/mol. The first-order chi connectivity index (χ1) is 16.5. The molecule has 34 heavy (non-hydrogen) atoms. The number of nitrogens with one attached hydrogen (secondary N) is 1. The van der Waals surface area contributed by atoms with Crippen molar-refractivity contribution in [3.63, 3.8) is 0 Å². The molecule has 0 saturated carbocycles. The van der Waals surface area contributed by atoms with E-state index in [-0.39, 0.29) is 24.4 Å². The minimum absolute atomic E-state index is 0.0184. The van der Waals surface area contributed by atoms with Crippen molar-refractivity contribution < 1.29 is 14.3 Å². The first-order valence-corrected chi connectivity index (χ1v) is 12.4. The van der Waals surface area contributed by atoms with Crippen LogP contribution >= 0.6 is 11.3 Å². The van der Waals surface area contributed by atoms with Crippen molar-refractivity contribution >= 4 is 29.0 Å². The second-order valence-corrected chi connectivity index (χ2v) is 9.40. The summed E-state index contributed by atoms with van der Waals surface area (Å²) in [5.41, 5.74) is 1.72. The molecule has 0 saturated heterocycles. The molecule has 0 aliphatic heterocycles. The Kier molecular flexibility index (Phi) is 9.52. The van der Waals surface area contributed by atoms with Crippen molar-refractivity contribution in [3.8, 4) is 5.75 Å². The lowest BCUT2D eigenvalue weighted by atomic mass is 10.1. The molecule has 7 heteroatoms. The highest BCUT2D eigenvalue weighted by atomic mass is 32.1. The highest BCUT2D eigenvalue weighted by Gasteiger charge is 2.23. The van der Waals surface area contributed by atoms with Gasteiger partial charge in [-0.05, 0) is 47.2 Å². The molecular weight excluding hydrogens is 446 g/mol. The monoisotopic (exact) mass is 479 g/mol. The number of hydrogen-bond donors (Lipinski definition) is 1. The van der Waals surface area contributed by atoms with Gasteiger partial charge < -0.3 is 19.9 Å². The summed E-state index contributed by atoms with van der Waals surface area (Å²) < 4.78 is 5.19. The van der Waals surface area contributed by atoms with E-state index in [4.69, 9.17) is 4.74 Å². The zero-order chi connectivity index (χ0) is 24.3. The number of anilines is 1. The summed E-state index contributed by atoms with van der Waals surface area (Å²) in [5.74, 6) is 0.912. The van der Waals surface area contributed by atoms with Crippen LogP contribution in [0.3, 0.4) is 0 Å². The van der Waals surface area contributed by atoms with E-state index in [0.717, 1.165) is 22.6 Å². The lowest BCUT2D eigenvalue weighted by Crippen LogP contribution is -2.45. The Balaban J connectivity index is 1.75. The summed E-state index contributed by atoms with van der Waals surface area (Å²) in [6.45, 7) is 5.71. The fourth-order valence-electron chi connectivity index (χ4n) is 3.49. The summed E-state index contributed by atoms with van der Waals surface area (Å²) in [7, 11) is 1.60. The number of thiophene rings is 1. The molecule has 1 aromatic heterocycles. The summed E-state index contributed by atoms with van der Waals surface area (Å²) in [5, 5.41) is 4.94. The summed E-state index contributed by atoms with van der Waals surface area (Å²) in [6.07, 6.45) is 0.920. The fraction of sp³-hybridized carbons (Fsp3) is 0.333. The van der Waals surface area contributed by atoms with Crippen molar-refractivity contribution in [1.29, 1.82) is 0 Å². The Hall–Kier alpha value is -3.32. The number of amides is 3. The Morgan fingerprint density at radius 1 is 0.971 bits per heavy atom. The highest BCUT2D eigenvalue weighted by molar-refractivity contribution is 7.09. The van der Waals surface area contributed by atoms with Crippen LogP contribution in [0.25, 0.3) is 0 Å². The van der Waals surface area contributed by atoms with E-state index in [9.17, 15) is 9.59 Å². The third-order valence-electron chi connectivity index (χ3n) is 5.68. The van der Waals surface area contributed by atoms with Gasteiger partial charge in [0.05, 0.1) is 13.7 Å². The number of hydrogen-bond acceptors (Lipinski definition) is 4. The predicted molar refractivity (Wildman–Crippen MR) is 138 cm³/mol. The topological polar surface area (TPSA) is 61.9 Å². The number of carbonyl (C=O) groups is 2. The molecule has 0 bridgehead atoms. The zero-order valence-electron chi connectivity index (χ0n) is 20.1. The molecule has 0 radical (unpaired) electrons. The number of rotatable bonds is 11. The summed E-state index contributed by atoms with van der Waals surface area (Å²) in [6, 6.07) is 20.8. The van der Waals surface area contributed by atoms with E-state index in [1.54, 1.807) is 47.6 Å². The average Bonchev–Trinajstić information content (AvgIpc) is 3.37. The molecule has 6 nitrogen and oxygen atoms in total. The fourth-order valence-corrected chi connectivity index (χ4v) is 4.21. The first kappa shape index (κ1) is 25.3. The minimum atomic E-state index is -0.283. The molecular formula is C27H33N3O3S. The standard InChI is InChI=1S/C27H33N3O3S/c1-4-21(2)17-30(27(32)28-23-12-14-24(33-3)15-13-23)20-26(31)29(19-25-11-8-16-34-25)18-22-9-6-5-7-10-22/h5-16,21H,4,17-20H2,1-3H3,(H,28,32). The summed E-state index contributed by atoms with van der Waals surface area (Å²) in [4.78, 5) is 31.2. The Bertz CT molecular complexity index is 1020. The second-order valence-electron chi connectivity index (χ2n) is 8.37. The number of ether oxygens (including phenoxy) is 1. The molecule has 3 aromatic rings. The van der Waals surface area contributed by atoms with Gasteiger partial charge in [0.15, 0.2) is 0 Å². The quantitative estimate of drug-likeness (QED) is 0.374. The summed E-state index contributed by atoms with van der Waals surface area (Å²) >= 11 is 1.63. The molecule has 0 fully saturated rings. The van der Waals surface area contributed by atoms with Gasteiger partial charge in [-0.2, -0.15) is 0 Å². The molecule has 3 amide bonds. The van der Waals surface area contributed by atoms with Gasteiger partial charge in [0.1, 0.15) is 12.3 Å². The molecule has 1 unspecified atom stereocenters. The molecule has 0 aliphatic rings. The maximum absolute atomic E-state index is 13.5. The van der Waals surface area contributed by atoms with E-state index in [0.29, 0.717) is 25.3 Å². The number of urea groups is 1. The van der Waals surface area contributed by atoms with Gasteiger partial charge in [-0.25, -0.2) is 4.79 Å². The number of carbonyl (C=O) groups excluding carboxylic acids is 2. The van der Waals surface area contributed by atoms with Crippen LogP contribution in [0.5, 0.6) is 5.75 Å². The molecule has 0 aliphatic carbocycles. The van der Waals surface area contributed by atoms with Crippen LogP contribution in [0.4, 0.5) is 10.5 Å². The van der Waals surface area contributed by atoms with Crippen molar-refractivity contribution in [1.82, 2.24) is 9.80 Å². The van der Waals surface area contributed by atoms with Crippen molar-refractivity contribution in [3.05, 3.63) is 82.6 Å². The first-order valence-electron chi connectivity index (χ1n) is 11.5. The Morgan fingerprint density at radius 2 is 1.71 bits per heavy atom. The number of methoxy groups -OCH3 is 1. The van der Waals surface area contributed by atoms with Gasteiger partial charge in [-0.15, -0.1) is 11.3 Å². The maximum atomic E-state index is 13.5. The zero-order valence-corrected chi connectivity index (χ0v) is 20.9. The van der Waals surface area contributed by atoms with Crippen LogP contribution in [-0.2, 0) is 17.9 Å². The van der Waals surface area contributed by atoms with Crippen LogP contribution in [0.15, 0.2) is 72.1 Å². The Morgan fingerprint density at radius 3 is 2.32 bits per heavy atom. The molecule has 1 heterocycles. The smallest absolute Gasteiger partial charge is 0.322 e. The molecule has 0 spiro atoms. The SMILES string of the molecule is CCC(C)CN(CC(=O)N(Cc1ccccc1)Cc1cccs1)C(=O)Nc1ccc(OC)cc1. The van der Waals surface area contributed by atoms with Gasteiger partial charge in [0, 0.05) is 23.7 Å². The molecule has 3 rings (SSSR count). The molecule has 180 valence electrons. The third-order valence-corrected chi connectivity index (χ3v) is 6.54. The lowest BCUT2D eigenvalue weighted by molar-refractivity contribution is -0.133. The van der Waals surface area contributed by atoms with Crippen molar-refractivity contribution in [2.24, 2.45) is 5.92 Å². The van der Waals surface area contributed by atoms with E-state index in [1.807, 2.05) is 52.7 Å². The predicted octanol–water partition coefficient (Wildman–Crippen LogP) is 5.87. The second kappa shape index (κ2) is 12.8. The van der Waals surface area contributed by atoms with Crippen LogP contribution in [-0.4, -0.2) is 41.9 Å². The van der Waals surface area contributed by atoms with Crippen LogP contribution in [0.1, 0.15) is 30.7 Å². The van der Waals surface area contributed by atoms with Gasteiger partial charge in [-0.3, -0.25) is 4.79 Å². The van der Waals surface area contributed by atoms with E-state index >= 15 is 0 Å². The molecule has 2 aromatic carbocycles. The van der Waals surface area contributed by atoms with E-state index in [2.05, 4.69) is 19.2 Å². The lowest BCUT2D eigenvalue weighted by Gasteiger charge is -2.29. The van der Waals surface area contributed by atoms with Crippen LogP contribution in [0, 0.1) is 5.92 Å². The Labute approximate surface area is 206 Å². The van der Waals surface area contributed by atoms with Gasteiger partial charge in [0.2, 0.25) is 5.91 Å². The maximum Gasteiger partial charge on any atom is 0.322 e. The number of nitrogens with zero attached hydrogens (tertiary/aromatic N) is 2. The third kappa shape index (κ3) is 7.63. The van der Waals surface area contributed by atoms with Gasteiger partial charge >= 0.3 is 6.03 Å². The highest BCUT2D eigenvalue weighted by Crippen LogP contribution is 2.18. The molecule has 1 atom stereocenters. The van der Waals surface area contributed by atoms with Crippen LogP contribution in [0.2, 0.25) is 0 Å². The van der Waals surface area contributed by atoms with E-state index in [1.165, 1.54) is 0 Å². The largest absolute Gasteiger partial charge is 0.497 e. The normalized spacial score (nSPS) is 11.5. The molecule has 1 N–H and O–H groups in total. The van der Waals surface area contributed by atoms with Gasteiger partial charge in [-0.1, -0.05) is 56.7 Å². The van der Waals surface area contributed by atoms with E-state index < -0.39 is 0 Å². The van der Waals surface area contributed by atoms with Crippen LogP contribution < -0.4 is 10.1 Å². The number of benzene rings is 2. The van der Waals surface area contributed by atoms with Gasteiger partial charge in [0.25, 0.3) is 0 Å². The minimum Gasteiger partial charge on any atom is -0.497 e.